The van der Waals surface area contributed by atoms with E-state index in [4.69, 9.17) is 9.47 Å². The molecule has 9 nitrogen and oxygen atoms in total. The van der Waals surface area contributed by atoms with E-state index < -0.39 is 5.54 Å². The molecule has 3 amide bonds. The Balaban J connectivity index is 1.36. The lowest BCUT2D eigenvalue weighted by molar-refractivity contribution is -0.123. The average molecular weight is 518 g/mol. The van der Waals surface area contributed by atoms with Crippen LogP contribution in [0.15, 0.2) is 54.7 Å². The van der Waals surface area contributed by atoms with E-state index in [1.54, 1.807) is 50.3 Å². The molecule has 3 aromatic rings. The van der Waals surface area contributed by atoms with Gasteiger partial charge in [-0.3, -0.25) is 14.7 Å². The third kappa shape index (κ3) is 4.91. The van der Waals surface area contributed by atoms with Crippen LogP contribution in [0.5, 0.6) is 11.5 Å². The number of imide groups is 1. The highest BCUT2D eigenvalue weighted by Gasteiger charge is 2.52. The number of benzene rings is 2. The number of likely N-dealkylation sites (N-methyl/N-ethyl adjacent to an activating group) is 1. The number of fused-ring (bicyclic) bond motifs is 1. The largest absolute Gasteiger partial charge is 0.493 e. The summed E-state index contributed by atoms with van der Waals surface area (Å²) in [4.78, 5) is 39.3. The summed E-state index contributed by atoms with van der Waals surface area (Å²) in [5.74, 6) is 0.788. The first kappa shape index (κ1) is 25.9. The van der Waals surface area contributed by atoms with E-state index in [-0.39, 0.29) is 11.9 Å². The van der Waals surface area contributed by atoms with Gasteiger partial charge in [0.1, 0.15) is 12.1 Å². The van der Waals surface area contributed by atoms with Gasteiger partial charge in [-0.05, 0) is 50.7 Å². The zero-order valence-corrected chi connectivity index (χ0v) is 22.5. The van der Waals surface area contributed by atoms with Gasteiger partial charge in [-0.1, -0.05) is 18.2 Å². The Kier molecular flexibility index (Phi) is 7.23. The van der Waals surface area contributed by atoms with E-state index in [9.17, 15) is 9.59 Å². The Bertz CT molecular complexity index is 1330. The number of amides is 3. The van der Waals surface area contributed by atoms with E-state index in [1.807, 2.05) is 30.3 Å². The van der Waals surface area contributed by atoms with E-state index in [0.29, 0.717) is 30.3 Å². The maximum Gasteiger partial charge on any atom is 0.332 e. The van der Waals surface area contributed by atoms with Crippen molar-refractivity contribution in [2.45, 2.75) is 25.9 Å². The highest BCUT2D eigenvalue weighted by Crippen LogP contribution is 2.38. The zero-order chi connectivity index (χ0) is 26.9. The minimum atomic E-state index is -1.02. The van der Waals surface area contributed by atoms with Gasteiger partial charge in [0.15, 0.2) is 11.5 Å². The lowest BCUT2D eigenvalue weighted by Crippen LogP contribution is -2.45. The molecule has 1 aromatic heterocycles. The first-order valence-corrected chi connectivity index (χ1v) is 13.0. The van der Waals surface area contributed by atoms with E-state index in [0.717, 1.165) is 49.2 Å². The number of para-hydroxylation sites is 1. The first-order valence-electron chi connectivity index (χ1n) is 13.0. The second-order valence-electron chi connectivity index (χ2n) is 10.4. The first-order chi connectivity index (χ1) is 18.3. The van der Waals surface area contributed by atoms with Crippen LogP contribution in [0.2, 0.25) is 0 Å². The van der Waals surface area contributed by atoms with Crippen LogP contribution in [0.3, 0.4) is 0 Å². The standard InChI is InChI=1S/C29H35N5O4/c1-29(2)27(35)34(28(36)33(29)20-21-11-12-30-24-8-6-5-7-23(21)24)22-9-10-25(37-4)26(19-22)38-18-17-32-15-13-31(3)14-16-32/h5-12,19H,13-18,20H2,1-4H3. The van der Waals surface area contributed by atoms with Crippen molar-refractivity contribution >= 4 is 28.5 Å². The molecule has 0 unspecified atom stereocenters. The predicted octanol–water partition coefficient (Wildman–Crippen LogP) is 3.62. The maximum atomic E-state index is 13.7. The van der Waals surface area contributed by atoms with Gasteiger partial charge >= 0.3 is 6.03 Å². The predicted molar refractivity (Wildman–Crippen MR) is 147 cm³/mol. The second kappa shape index (κ2) is 10.6. The van der Waals surface area contributed by atoms with Crippen molar-refractivity contribution in [2.75, 3.05) is 58.4 Å². The van der Waals surface area contributed by atoms with Crippen LogP contribution in [0.1, 0.15) is 19.4 Å². The molecular weight excluding hydrogens is 482 g/mol. The normalized spacial score (nSPS) is 18.4. The SMILES string of the molecule is COc1ccc(N2C(=O)N(Cc3ccnc4ccccc34)C(C)(C)C2=O)cc1OCCN1CCN(C)CC1. The minimum Gasteiger partial charge on any atom is -0.493 e. The fraction of sp³-hybridized carbons (Fsp3) is 0.414. The number of carbonyl (C=O) groups excluding carboxylic acids is 2. The second-order valence-corrected chi connectivity index (χ2v) is 10.4. The Morgan fingerprint density at radius 3 is 2.50 bits per heavy atom. The van der Waals surface area contributed by atoms with E-state index in [1.165, 1.54) is 4.90 Å². The van der Waals surface area contributed by atoms with E-state index >= 15 is 0 Å². The number of anilines is 1. The summed E-state index contributed by atoms with van der Waals surface area (Å²) >= 11 is 0. The van der Waals surface area contributed by atoms with Crippen molar-refractivity contribution in [3.8, 4) is 11.5 Å². The molecule has 0 atom stereocenters. The van der Waals surface area contributed by atoms with Gasteiger partial charge in [-0.25, -0.2) is 9.69 Å². The van der Waals surface area contributed by atoms with Gasteiger partial charge in [-0.2, -0.15) is 0 Å². The molecule has 0 spiro atoms. The summed E-state index contributed by atoms with van der Waals surface area (Å²) in [7, 11) is 3.71. The minimum absolute atomic E-state index is 0.283. The number of urea groups is 1. The molecule has 0 aliphatic carbocycles. The van der Waals surface area contributed by atoms with Crippen molar-refractivity contribution in [1.29, 1.82) is 0 Å². The lowest BCUT2D eigenvalue weighted by Gasteiger charge is -2.32. The number of piperazine rings is 1. The van der Waals surface area contributed by atoms with Crippen LogP contribution in [-0.2, 0) is 11.3 Å². The molecule has 2 aliphatic rings. The fourth-order valence-electron chi connectivity index (χ4n) is 5.07. The molecule has 2 aliphatic heterocycles. The number of carbonyl (C=O) groups is 2. The molecule has 0 radical (unpaired) electrons. The van der Waals surface area contributed by atoms with Crippen LogP contribution in [0.4, 0.5) is 10.5 Å². The summed E-state index contributed by atoms with van der Waals surface area (Å²) < 4.78 is 11.6. The Morgan fingerprint density at radius 2 is 1.74 bits per heavy atom. The smallest absolute Gasteiger partial charge is 0.332 e. The number of hydrogen-bond acceptors (Lipinski definition) is 7. The van der Waals surface area contributed by atoms with Crippen molar-refractivity contribution < 1.29 is 19.1 Å². The number of ether oxygens (including phenoxy) is 2. The van der Waals surface area contributed by atoms with Gasteiger partial charge in [0.05, 0.1) is 18.3 Å². The molecule has 0 N–H and O–H groups in total. The highest BCUT2D eigenvalue weighted by molar-refractivity contribution is 6.23. The van der Waals surface area contributed by atoms with Crippen LogP contribution in [-0.4, -0.2) is 90.6 Å². The number of nitrogens with zero attached hydrogens (tertiary/aromatic N) is 5. The number of methoxy groups -OCH3 is 1. The molecule has 200 valence electrons. The maximum absolute atomic E-state index is 13.7. The molecule has 0 bridgehead atoms. The Labute approximate surface area is 223 Å². The average Bonchev–Trinajstić information content (AvgIpc) is 3.09. The molecular formula is C29H35N5O4. The number of aromatic nitrogens is 1. The van der Waals surface area contributed by atoms with Crippen molar-refractivity contribution in [3.05, 3.63) is 60.3 Å². The quantitative estimate of drug-likeness (QED) is 0.423. The molecule has 3 heterocycles. The molecule has 5 rings (SSSR count). The molecule has 0 saturated carbocycles. The third-order valence-corrected chi connectivity index (χ3v) is 7.56. The monoisotopic (exact) mass is 517 g/mol. The van der Waals surface area contributed by atoms with Crippen LogP contribution in [0.25, 0.3) is 10.9 Å². The summed E-state index contributed by atoms with van der Waals surface area (Å²) in [5.41, 5.74) is 1.23. The topological polar surface area (TPSA) is 78.4 Å². The molecule has 9 heteroatoms. The third-order valence-electron chi connectivity index (χ3n) is 7.56. The van der Waals surface area contributed by atoms with Crippen LogP contribution in [0, 0.1) is 0 Å². The number of rotatable bonds is 8. The van der Waals surface area contributed by atoms with Crippen molar-refractivity contribution in [2.24, 2.45) is 0 Å². The number of pyridine rings is 1. The van der Waals surface area contributed by atoms with Gasteiger partial charge < -0.3 is 19.3 Å². The zero-order valence-electron chi connectivity index (χ0n) is 22.5. The van der Waals surface area contributed by atoms with Gasteiger partial charge in [0.25, 0.3) is 5.91 Å². The summed E-state index contributed by atoms with van der Waals surface area (Å²) in [6, 6.07) is 14.5. The summed E-state index contributed by atoms with van der Waals surface area (Å²) in [6.07, 6.45) is 1.74. The molecule has 2 fully saturated rings. The van der Waals surface area contributed by atoms with Crippen LogP contribution < -0.4 is 14.4 Å². The van der Waals surface area contributed by atoms with E-state index in [2.05, 4.69) is 21.8 Å². The molecule has 2 saturated heterocycles. The van der Waals surface area contributed by atoms with Crippen molar-refractivity contribution in [3.63, 3.8) is 0 Å². The lowest BCUT2D eigenvalue weighted by atomic mass is 10.0. The summed E-state index contributed by atoms with van der Waals surface area (Å²) in [5, 5.41) is 0.963. The Morgan fingerprint density at radius 1 is 0.974 bits per heavy atom. The molecule has 38 heavy (non-hydrogen) atoms. The van der Waals surface area contributed by atoms with Crippen molar-refractivity contribution in [1.82, 2.24) is 19.7 Å². The van der Waals surface area contributed by atoms with Gasteiger partial charge in [-0.15, -0.1) is 0 Å². The highest BCUT2D eigenvalue weighted by atomic mass is 16.5. The van der Waals surface area contributed by atoms with Crippen LogP contribution >= 0.6 is 0 Å². The van der Waals surface area contributed by atoms with Gasteiger partial charge in [0, 0.05) is 56.9 Å². The Hall–Kier alpha value is -3.69. The summed E-state index contributed by atoms with van der Waals surface area (Å²) in [6.45, 7) is 9.24. The number of hydrogen-bond donors (Lipinski definition) is 0. The molecule has 2 aromatic carbocycles. The van der Waals surface area contributed by atoms with Gasteiger partial charge in [0.2, 0.25) is 0 Å². The fourth-order valence-corrected chi connectivity index (χ4v) is 5.07.